The standard InChI is InChI=1S/C24H27N3O5S2/c1-19-8-6-9-21(18-19)26-34(31,32)23-15-13-20(14-16-23)25-24(28)12-7-17-27(33(2,29)30)22-10-4-3-5-11-22/h3-6,8-11,13-16,18,26H,7,12,17H2,1-2H3,(H,25,28). The SMILES string of the molecule is Cc1cccc(NS(=O)(=O)c2ccc(NC(=O)CCCN(c3ccccc3)S(C)(=O)=O)cc2)c1. The van der Waals surface area contributed by atoms with Gasteiger partial charge >= 0.3 is 0 Å². The zero-order valence-corrected chi connectivity index (χ0v) is 20.6. The molecule has 3 rings (SSSR count). The summed E-state index contributed by atoms with van der Waals surface area (Å²) in [6, 6.07) is 21.6. The van der Waals surface area contributed by atoms with Crippen molar-refractivity contribution in [2.24, 2.45) is 0 Å². The van der Waals surface area contributed by atoms with E-state index >= 15 is 0 Å². The van der Waals surface area contributed by atoms with E-state index in [-0.39, 0.29) is 23.8 Å². The second kappa shape index (κ2) is 10.7. The minimum absolute atomic E-state index is 0.0682. The fourth-order valence-corrected chi connectivity index (χ4v) is 5.34. The summed E-state index contributed by atoms with van der Waals surface area (Å²) in [6.45, 7) is 2.04. The Morgan fingerprint density at radius 2 is 1.53 bits per heavy atom. The van der Waals surface area contributed by atoms with Crippen LogP contribution in [0.3, 0.4) is 0 Å². The first-order valence-corrected chi connectivity index (χ1v) is 13.9. The number of benzene rings is 3. The summed E-state index contributed by atoms with van der Waals surface area (Å²) < 4.78 is 53.2. The van der Waals surface area contributed by atoms with Gasteiger partial charge in [0.2, 0.25) is 15.9 Å². The summed E-state index contributed by atoms with van der Waals surface area (Å²) in [4.78, 5) is 12.4. The van der Waals surface area contributed by atoms with Gasteiger partial charge < -0.3 is 5.32 Å². The summed E-state index contributed by atoms with van der Waals surface area (Å²) in [6.07, 6.45) is 1.55. The van der Waals surface area contributed by atoms with E-state index in [0.29, 0.717) is 23.5 Å². The summed E-state index contributed by atoms with van der Waals surface area (Å²) in [5.41, 5.74) is 2.39. The molecule has 1 amide bonds. The number of para-hydroxylation sites is 1. The number of nitrogens with zero attached hydrogens (tertiary/aromatic N) is 1. The Bertz CT molecular complexity index is 1340. The molecule has 0 aliphatic carbocycles. The lowest BCUT2D eigenvalue weighted by molar-refractivity contribution is -0.116. The van der Waals surface area contributed by atoms with Crippen molar-refractivity contribution in [3.05, 3.63) is 84.4 Å². The number of nitrogens with one attached hydrogen (secondary N) is 2. The van der Waals surface area contributed by atoms with Gasteiger partial charge in [0, 0.05) is 24.3 Å². The van der Waals surface area contributed by atoms with Gasteiger partial charge in [0.25, 0.3) is 10.0 Å². The number of hydrogen-bond donors (Lipinski definition) is 2. The van der Waals surface area contributed by atoms with Gasteiger partial charge in [0.15, 0.2) is 0 Å². The van der Waals surface area contributed by atoms with Crippen LogP contribution >= 0.6 is 0 Å². The van der Waals surface area contributed by atoms with Gasteiger partial charge in [-0.3, -0.25) is 13.8 Å². The smallest absolute Gasteiger partial charge is 0.261 e. The second-order valence-corrected chi connectivity index (χ2v) is 11.4. The van der Waals surface area contributed by atoms with Crippen molar-refractivity contribution in [3.63, 3.8) is 0 Å². The van der Waals surface area contributed by atoms with Crippen LogP contribution in [0.4, 0.5) is 17.1 Å². The number of amides is 1. The van der Waals surface area contributed by atoms with E-state index in [9.17, 15) is 21.6 Å². The molecular formula is C24H27N3O5S2. The van der Waals surface area contributed by atoms with Crippen molar-refractivity contribution in [3.8, 4) is 0 Å². The first-order valence-electron chi connectivity index (χ1n) is 10.6. The molecule has 2 N–H and O–H groups in total. The Hall–Kier alpha value is -3.37. The molecule has 8 nitrogen and oxygen atoms in total. The molecular weight excluding hydrogens is 474 g/mol. The Morgan fingerprint density at radius 3 is 2.15 bits per heavy atom. The highest BCUT2D eigenvalue weighted by Gasteiger charge is 2.18. The number of rotatable bonds is 10. The highest BCUT2D eigenvalue weighted by Crippen LogP contribution is 2.20. The molecule has 3 aromatic rings. The summed E-state index contributed by atoms with van der Waals surface area (Å²) in [7, 11) is -7.24. The fourth-order valence-electron chi connectivity index (χ4n) is 3.33. The Kier molecular flexibility index (Phi) is 7.95. The minimum atomic E-state index is -3.76. The van der Waals surface area contributed by atoms with Gasteiger partial charge in [-0.05, 0) is 67.4 Å². The van der Waals surface area contributed by atoms with Crippen LogP contribution in [0.5, 0.6) is 0 Å². The lowest BCUT2D eigenvalue weighted by Crippen LogP contribution is -2.31. The molecule has 0 aliphatic heterocycles. The van der Waals surface area contributed by atoms with E-state index < -0.39 is 20.0 Å². The number of carbonyl (C=O) groups is 1. The fraction of sp³-hybridized carbons (Fsp3) is 0.208. The van der Waals surface area contributed by atoms with Crippen molar-refractivity contribution in [2.75, 3.05) is 27.1 Å². The van der Waals surface area contributed by atoms with Crippen LogP contribution in [0.15, 0.2) is 83.8 Å². The van der Waals surface area contributed by atoms with Crippen molar-refractivity contribution in [2.45, 2.75) is 24.7 Å². The average molecular weight is 502 g/mol. The summed E-state index contributed by atoms with van der Waals surface area (Å²) >= 11 is 0. The van der Waals surface area contributed by atoms with Crippen LogP contribution in [0.1, 0.15) is 18.4 Å². The predicted octanol–water partition coefficient (Wildman–Crippen LogP) is 3.98. The molecule has 0 heterocycles. The van der Waals surface area contributed by atoms with Gasteiger partial charge in [0.05, 0.1) is 16.8 Å². The topological polar surface area (TPSA) is 113 Å². The third-order valence-corrected chi connectivity index (χ3v) is 7.52. The molecule has 180 valence electrons. The Morgan fingerprint density at radius 1 is 0.853 bits per heavy atom. The lowest BCUT2D eigenvalue weighted by Gasteiger charge is -2.22. The highest BCUT2D eigenvalue weighted by molar-refractivity contribution is 7.92. The molecule has 0 aliphatic rings. The van der Waals surface area contributed by atoms with Gasteiger partial charge in [-0.25, -0.2) is 16.8 Å². The summed E-state index contributed by atoms with van der Waals surface area (Å²) in [5, 5.41) is 2.71. The molecule has 0 unspecified atom stereocenters. The van der Waals surface area contributed by atoms with E-state index in [1.165, 1.54) is 28.6 Å². The van der Waals surface area contributed by atoms with E-state index in [1.807, 2.05) is 13.0 Å². The average Bonchev–Trinajstić information content (AvgIpc) is 2.76. The number of sulfonamides is 2. The van der Waals surface area contributed by atoms with Crippen molar-refractivity contribution < 1.29 is 21.6 Å². The first kappa shape index (κ1) is 25.3. The maximum atomic E-state index is 12.6. The third kappa shape index (κ3) is 7.06. The molecule has 0 aromatic heterocycles. The molecule has 0 radical (unpaired) electrons. The van der Waals surface area contributed by atoms with Crippen molar-refractivity contribution in [1.82, 2.24) is 0 Å². The lowest BCUT2D eigenvalue weighted by atomic mass is 10.2. The largest absolute Gasteiger partial charge is 0.326 e. The zero-order valence-electron chi connectivity index (χ0n) is 18.9. The maximum Gasteiger partial charge on any atom is 0.261 e. The molecule has 34 heavy (non-hydrogen) atoms. The molecule has 0 saturated heterocycles. The molecule has 0 fully saturated rings. The van der Waals surface area contributed by atoms with Crippen LogP contribution in [0.2, 0.25) is 0 Å². The van der Waals surface area contributed by atoms with E-state index in [0.717, 1.165) is 11.8 Å². The van der Waals surface area contributed by atoms with Gasteiger partial charge in [-0.1, -0.05) is 30.3 Å². The van der Waals surface area contributed by atoms with Gasteiger partial charge in [-0.2, -0.15) is 0 Å². The molecule has 10 heteroatoms. The number of aryl methyl sites for hydroxylation is 1. The number of anilines is 3. The Balaban J connectivity index is 1.56. The van der Waals surface area contributed by atoms with E-state index in [4.69, 9.17) is 0 Å². The molecule has 0 saturated carbocycles. The van der Waals surface area contributed by atoms with Crippen LogP contribution < -0.4 is 14.3 Å². The zero-order chi connectivity index (χ0) is 24.8. The molecule has 0 atom stereocenters. The van der Waals surface area contributed by atoms with Crippen LogP contribution in [0.25, 0.3) is 0 Å². The number of carbonyl (C=O) groups excluding carboxylic acids is 1. The number of hydrogen-bond acceptors (Lipinski definition) is 5. The quantitative estimate of drug-likeness (QED) is 0.436. The normalized spacial score (nSPS) is 11.6. The Labute approximate surface area is 200 Å². The maximum absolute atomic E-state index is 12.6. The van der Waals surface area contributed by atoms with E-state index in [1.54, 1.807) is 48.5 Å². The van der Waals surface area contributed by atoms with E-state index in [2.05, 4.69) is 10.0 Å². The second-order valence-electron chi connectivity index (χ2n) is 7.82. The van der Waals surface area contributed by atoms with Crippen molar-refractivity contribution in [1.29, 1.82) is 0 Å². The predicted molar refractivity (Wildman–Crippen MR) is 135 cm³/mol. The molecule has 3 aromatic carbocycles. The first-order chi connectivity index (χ1) is 16.0. The van der Waals surface area contributed by atoms with Crippen LogP contribution in [-0.2, 0) is 24.8 Å². The van der Waals surface area contributed by atoms with Gasteiger partial charge in [-0.15, -0.1) is 0 Å². The van der Waals surface area contributed by atoms with Crippen LogP contribution in [0, 0.1) is 6.92 Å². The summed E-state index contributed by atoms with van der Waals surface area (Å²) in [5.74, 6) is -0.296. The van der Waals surface area contributed by atoms with Gasteiger partial charge in [0.1, 0.15) is 0 Å². The monoisotopic (exact) mass is 501 g/mol. The minimum Gasteiger partial charge on any atom is -0.326 e. The molecule has 0 spiro atoms. The van der Waals surface area contributed by atoms with Crippen LogP contribution in [-0.4, -0.2) is 35.5 Å². The molecule has 0 bridgehead atoms. The third-order valence-electron chi connectivity index (χ3n) is 4.93. The van der Waals surface area contributed by atoms with Crippen molar-refractivity contribution >= 4 is 43.0 Å². The highest BCUT2D eigenvalue weighted by atomic mass is 32.2.